The number of hydrogen-bond acceptors (Lipinski definition) is 3. The van der Waals surface area contributed by atoms with E-state index in [4.69, 9.17) is 0 Å². The van der Waals surface area contributed by atoms with Crippen LogP contribution in [0.3, 0.4) is 0 Å². The van der Waals surface area contributed by atoms with Crippen LogP contribution in [-0.2, 0) is 6.54 Å². The van der Waals surface area contributed by atoms with Crippen LogP contribution in [0.4, 0.5) is 0 Å². The van der Waals surface area contributed by atoms with Crippen molar-refractivity contribution >= 4 is 17.2 Å². The van der Waals surface area contributed by atoms with Gasteiger partial charge in [0.1, 0.15) is 0 Å². The minimum atomic E-state index is 0.188. The Morgan fingerprint density at radius 2 is 1.68 bits per heavy atom. The third-order valence-corrected chi connectivity index (χ3v) is 5.13. The molecule has 4 heteroatoms. The molecular formula is C18H22N2OS. The highest BCUT2D eigenvalue weighted by atomic mass is 32.1. The van der Waals surface area contributed by atoms with Crippen molar-refractivity contribution in [1.29, 1.82) is 0 Å². The smallest absolute Gasteiger partial charge is 0.264 e. The van der Waals surface area contributed by atoms with Crippen LogP contribution in [0.5, 0.6) is 0 Å². The molecule has 22 heavy (non-hydrogen) atoms. The zero-order chi connectivity index (χ0) is 15.5. The maximum atomic E-state index is 12.4. The Morgan fingerprint density at radius 3 is 2.27 bits per heavy atom. The van der Waals surface area contributed by atoms with Crippen LogP contribution in [0.1, 0.15) is 25.7 Å². The van der Waals surface area contributed by atoms with Crippen LogP contribution in [0.15, 0.2) is 36.4 Å². The van der Waals surface area contributed by atoms with Crippen molar-refractivity contribution in [2.75, 3.05) is 26.2 Å². The molecule has 3 rings (SSSR count). The van der Waals surface area contributed by atoms with Crippen LogP contribution >= 0.6 is 11.3 Å². The summed E-state index contributed by atoms with van der Waals surface area (Å²) in [6.07, 6.45) is 0. The van der Waals surface area contributed by atoms with E-state index in [2.05, 4.69) is 36.1 Å². The molecule has 1 fully saturated rings. The van der Waals surface area contributed by atoms with Gasteiger partial charge in [-0.2, -0.15) is 0 Å². The van der Waals surface area contributed by atoms with Gasteiger partial charge in [-0.15, -0.1) is 11.3 Å². The molecule has 0 radical (unpaired) electrons. The summed E-state index contributed by atoms with van der Waals surface area (Å²) < 4.78 is 0. The average Bonchev–Trinajstić information content (AvgIpc) is 2.96. The van der Waals surface area contributed by atoms with Crippen molar-refractivity contribution in [3.8, 4) is 0 Å². The van der Waals surface area contributed by atoms with Gasteiger partial charge in [-0.1, -0.05) is 29.8 Å². The van der Waals surface area contributed by atoms with E-state index in [0.29, 0.717) is 0 Å². The maximum Gasteiger partial charge on any atom is 0.264 e. The quantitative estimate of drug-likeness (QED) is 0.867. The first kappa shape index (κ1) is 15.3. The summed E-state index contributed by atoms with van der Waals surface area (Å²) in [5.74, 6) is 0.188. The lowest BCUT2D eigenvalue weighted by Gasteiger charge is -2.34. The Labute approximate surface area is 136 Å². The number of benzene rings is 1. The summed E-state index contributed by atoms with van der Waals surface area (Å²) in [7, 11) is 0. The van der Waals surface area contributed by atoms with Crippen molar-refractivity contribution in [1.82, 2.24) is 9.80 Å². The van der Waals surface area contributed by atoms with E-state index in [9.17, 15) is 4.79 Å². The molecule has 2 heterocycles. The van der Waals surface area contributed by atoms with E-state index in [1.54, 1.807) is 11.3 Å². The molecule has 1 amide bonds. The van der Waals surface area contributed by atoms with Gasteiger partial charge < -0.3 is 4.90 Å². The summed E-state index contributed by atoms with van der Waals surface area (Å²) in [5.41, 5.74) is 2.64. The lowest BCUT2D eigenvalue weighted by Crippen LogP contribution is -2.48. The van der Waals surface area contributed by atoms with Crippen molar-refractivity contribution in [2.24, 2.45) is 0 Å². The summed E-state index contributed by atoms with van der Waals surface area (Å²) in [5, 5.41) is 0. The standard InChI is InChI=1S/C18H22N2OS/c1-14-3-6-16(7-4-14)13-19-9-11-20(12-10-19)18(21)17-8-5-15(2)22-17/h3-8H,9-13H2,1-2H3. The highest BCUT2D eigenvalue weighted by molar-refractivity contribution is 7.13. The molecule has 1 aliphatic heterocycles. The number of nitrogens with zero attached hydrogens (tertiary/aromatic N) is 2. The van der Waals surface area contributed by atoms with Gasteiger partial charge in [0, 0.05) is 37.6 Å². The monoisotopic (exact) mass is 314 g/mol. The number of amides is 1. The van der Waals surface area contributed by atoms with Crippen molar-refractivity contribution in [2.45, 2.75) is 20.4 Å². The van der Waals surface area contributed by atoms with Gasteiger partial charge in [0.15, 0.2) is 0 Å². The second-order valence-electron chi connectivity index (χ2n) is 5.96. The minimum absolute atomic E-state index is 0.188. The molecule has 3 nitrogen and oxygen atoms in total. The molecule has 2 aromatic rings. The third-order valence-electron chi connectivity index (χ3n) is 4.14. The number of piperazine rings is 1. The molecule has 0 N–H and O–H groups in total. The second kappa shape index (κ2) is 6.63. The van der Waals surface area contributed by atoms with Gasteiger partial charge in [0.05, 0.1) is 4.88 Å². The zero-order valence-electron chi connectivity index (χ0n) is 13.2. The van der Waals surface area contributed by atoms with Gasteiger partial charge >= 0.3 is 0 Å². The van der Waals surface area contributed by atoms with E-state index in [0.717, 1.165) is 37.6 Å². The highest BCUT2D eigenvalue weighted by Gasteiger charge is 2.22. The first-order chi connectivity index (χ1) is 10.6. The molecule has 1 aromatic carbocycles. The largest absolute Gasteiger partial charge is 0.335 e. The maximum absolute atomic E-state index is 12.4. The topological polar surface area (TPSA) is 23.6 Å². The second-order valence-corrected chi connectivity index (χ2v) is 7.25. The van der Waals surface area contributed by atoms with E-state index in [-0.39, 0.29) is 5.91 Å². The highest BCUT2D eigenvalue weighted by Crippen LogP contribution is 2.18. The van der Waals surface area contributed by atoms with E-state index >= 15 is 0 Å². The lowest BCUT2D eigenvalue weighted by molar-refractivity contribution is 0.0633. The molecular weight excluding hydrogens is 292 g/mol. The number of hydrogen-bond donors (Lipinski definition) is 0. The first-order valence-corrected chi connectivity index (χ1v) is 8.57. The fraction of sp³-hybridized carbons (Fsp3) is 0.389. The molecule has 0 aliphatic carbocycles. The molecule has 0 unspecified atom stereocenters. The molecule has 0 bridgehead atoms. The van der Waals surface area contributed by atoms with Crippen molar-refractivity contribution in [3.63, 3.8) is 0 Å². The minimum Gasteiger partial charge on any atom is -0.335 e. The summed E-state index contributed by atoms with van der Waals surface area (Å²) in [6, 6.07) is 12.7. The molecule has 116 valence electrons. The molecule has 1 saturated heterocycles. The number of carbonyl (C=O) groups is 1. The predicted octanol–water partition coefficient (Wildman–Crippen LogP) is 3.32. The molecule has 1 aromatic heterocycles. The van der Waals surface area contributed by atoms with Gasteiger partial charge in [-0.25, -0.2) is 0 Å². The van der Waals surface area contributed by atoms with Gasteiger partial charge in [0.2, 0.25) is 0 Å². The molecule has 0 saturated carbocycles. The Hall–Kier alpha value is -1.65. The summed E-state index contributed by atoms with van der Waals surface area (Å²) in [6.45, 7) is 8.67. The van der Waals surface area contributed by atoms with E-state index in [1.807, 2.05) is 24.0 Å². The van der Waals surface area contributed by atoms with Crippen LogP contribution in [0, 0.1) is 13.8 Å². The Kier molecular flexibility index (Phi) is 4.60. The summed E-state index contributed by atoms with van der Waals surface area (Å²) >= 11 is 1.59. The fourth-order valence-electron chi connectivity index (χ4n) is 2.77. The number of aryl methyl sites for hydroxylation is 2. The van der Waals surface area contributed by atoms with Crippen molar-refractivity contribution in [3.05, 3.63) is 57.3 Å². The van der Waals surface area contributed by atoms with Crippen LogP contribution in [-0.4, -0.2) is 41.9 Å². The SMILES string of the molecule is Cc1ccc(CN2CCN(C(=O)c3ccc(C)s3)CC2)cc1. The summed E-state index contributed by atoms with van der Waals surface area (Å²) in [4.78, 5) is 18.9. The van der Waals surface area contributed by atoms with Crippen molar-refractivity contribution < 1.29 is 4.79 Å². The average molecular weight is 314 g/mol. The van der Waals surface area contributed by atoms with E-state index < -0.39 is 0 Å². The Bertz CT molecular complexity index is 639. The Balaban J connectivity index is 1.54. The van der Waals surface area contributed by atoms with Gasteiger partial charge in [-0.05, 0) is 31.5 Å². The van der Waals surface area contributed by atoms with E-state index in [1.165, 1.54) is 16.0 Å². The fourth-order valence-corrected chi connectivity index (χ4v) is 3.60. The van der Waals surface area contributed by atoms with Crippen LogP contribution < -0.4 is 0 Å². The first-order valence-electron chi connectivity index (χ1n) is 7.75. The molecule has 1 aliphatic rings. The normalized spacial score (nSPS) is 16.0. The zero-order valence-corrected chi connectivity index (χ0v) is 14.0. The molecule has 0 spiro atoms. The number of rotatable bonds is 3. The van der Waals surface area contributed by atoms with Gasteiger partial charge in [-0.3, -0.25) is 9.69 Å². The Morgan fingerprint density at radius 1 is 1.00 bits per heavy atom. The third kappa shape index (κ3) is 3.57. The number of thiophene rings is 1. The van der Waals surface area contributed by atoms with Crippen LogP contribution in [0.25, 0.3) is 0 Å². The molecule has 0 atom stereocenters. The van der Waals surface area contributed by atoms with Gasteiger partial charge in [0.25, 0.3) is 5.91 Å². The number of carbonyl (C=O) groups excluding carboxylic acids is 1. The predicted molar refractivity (Wildman–Crippen MR) is 91.4 cm³/mol. The van der Waals surface area contributed by atoms with Crippen LogP contribution in [0.2, 0.25) is 0 Å². The lowest BCUT2D eigenvalue weighted by atomic mass is 10.1.